The van der Waals surface area contributed by atoms with Crippen LogP contribution in [0.4, 0.5) is 8.78 Å². The number of hydrogen-bond donors (Lipinski definition) is 2. The lowest BCUT2D eigenvalue weighted by molar-refractivity contribution is -0.147. The summed E-state index contributed by atoms with van der Waals surface area (Å²) in [6.07, 6.45) is -0.414. The molecule has 1 rings (SSSR count). The van der Waals surface area contributed by atoms with Crippen molar-refractivity contribution < 1.29 is 23.4 Å². The second-order valence-electron chi connectivity index (χ2n) is 5.50. The highest BCUT2D eigenvalue weighted by Gasteiger charge is 2.43. The van der Waals surface area contributed by atoms with Crippen molar-refractivity contribution in [3.63, 3.8) is 0 Å². The molecule has 0 aliphatic heterocycles. The van der Waals surface area contributed by atoms with E-state index in [0.717, 1.165) is 6.07 Å². The number of carbonyl (C=O) groups is 1. The molecule has 0 saturated carbocycles. The molecule has 0 spiro atoms. The summed E-state index contributed by atoms with van der Waals surface area (Å²) >= 11 is 0. The van der Waals surface area contributed by atoms with Crippen LogP contribution in [0.1, 0.15) is 32.8 Å². The molecular weight excluding hydrogens is 292 g/mol. The van der Waals surface area contributed by atoms with Crippen molar-refractivity contribution in [1.82, 2.24) is 5.32 Å². The van der Waals surface area contributed by atoms with Gasteiger partial charge in [0.1, 0.15) is 5.75 Å². The van der Waals surface area contributed by atoms with Crippen LogP contribution in [0.3, 0.4) is 0 Å². The van der Waals surface area contributed by atoms with Gasteiger partial charge in [-0.1, -0.05) is 26.0 Å². The van der Waals surface area contributed by atoms with Crippen molar-refractivity contribution in [3.05, 3.63) is 29.8 Å². The lowest BCUT2D eigenvalue weighted by atomic mass is 10.0. The van der Waals surface area contributed by atoms with Crippen LogP contribution in [0.5, 0.6) is 5.75 Å². The molecule has 0 fully saturated rings. The van der Waals surface area contributed by atoms with Crippen molar-refractivity contribution >= 4 is 5.91 Å². The summed E-state index contributed by atoms with van der Waals surface area (Å²) in [6, 6.07) is 5.55. The number of carbonyl (C=O) groups excluding carboxylic acids is 1. The van der Waals surface area contributed by atoms with Gasteiger partial charge in [0, 0.05) is 6.54 Å². The van der Waals surface area contributed by atoms with Crippen LogP contribution in [0.15, 0.2) is 24.3 Å². The molecule has 0 bridgehead atoms. The van der Waals surface area contributed by atoms with E-state index in [2.05, 4.69) is 5.32 Å². The summed E-state index contributed by atoms with van der Waals surface area (Å²) in [5.41, 5.74) is -0.479. The maximum absolute atomic E-state index is 14.3. The average Bonchev–Trinajstić information content (AvgIpc) is 2.44. The maximum Gasteiger partial charge on any atom is 0.353 e. The van der Waals surface area contributed by atoms with Gasteiger partial charge >= 0.3 is 5.92 Å². The lowest BCUT2D eigenvalue weighted by Gasteiger charge is -2.20. The molecule has 1 atom stereocenters. The summed E-state index contributed by atoms with van der Waals surface area (Å²) in [7, 11) is 0. The average molecular weight is 315 g/mol. The number of nitrogens with one attached hydrogen (secondary N) is 1. The molecule has 6 heteroatoms. The molecule has 0 aromatic heterocycles. The Hall–Kier alpha value is -1.69. The number of ether oxygens (including phenoxy) is 1. The summed E-state index contributed by atoms with van der Waals surface area (Å²) in [5.74, 6) is -4.97. The zero-order valence-corrected chi connectivity index (χ0v) is 13.1. The van der Waals surface area contributed by atoms with Crippen molar-refractivity contribution in [2.75, 3.05) is 13.2 Å². The van der Waals surface area contributed by atoms with E-state index in [9.17, 15) is 18.7 Å². The first-order chi connectivity index (χ1) is 10.3. The number of benzene rings is 1. The van der Waals surface area contributed by atoms with Gasteiger partial charge in [0.25, 0.3) is 5.91 Å². The van der Waals surface area contributed by atoms with Crippen LogP contribution in [-0.2, 0) is 10.7 Å². The zero-order valence-electron chi connectivity index (χ0n) is 13.1. The third-order valence-corrected chi connectivity index (χ3v) is 3.05. The fraction of sp³-hybridized carbons (Fsp3) is 0.562. The van der Waals surface area contributed by atoms with Gasteiger partial charge in [0.15, 0.2) is 0 Å². The van der Waals surface area contributed by atoms with Crippen LogP contribution < -0.4 is 10.1 Å². The number of halogens is 2. The topological polar surface area (TPSA) is 58.6 Å². The predicted octanol–water partition coefficient (Wildman–Crippen LogP) is 2.70. The van der Waals surface area contributed by atoms with Crippen LogP contribution >= 0.6 is 0 Å². The van der Waals surface area contributed by atoms with Crippen LogP contribution in [0.25, 0.3) is 0 Å². The number of amides is 1. The van der Waals surface area contributed by atoms with Gasteiger partial charge in [-0.15, -0.1) is 0 Å². The molecule has 2 N–H and O–H groups in total. The first kappa shape index (κ1) is 18.4. The van der Waals surface area contributed by atoms with Gasteiger partial charge in [-0.3, -0.25) is 4.79 Å². The number of aliphatic hydroxyl groups is 1. The van der Waals surface area contributed by atoms with E-state index in [1.165, 1.54) is 12.1 Å². The minimum atomic E-state index is -3.72. The molecule has 1 amide bonds. The predicted molar refractivity (Wildman–Crippen MR) is 80.0 cm³/mol. The Kier molecular flexibility index (Phi) is 6.74. The second-order valence-corrected chi connectivity index (χ2v) is 5.50. The Morgan fingerprint density at radius 2 is 2.00 bits per heavy atom. The molecular formula is C16H23F2NO3. The Morgan fingerprint density at radius 3 is 2.59 bits per heavy atom. The van der Waals surface area contributed by atoms with Crippen molar-refractivity contribution in [2.45, 2.75) is 39.2 Å². The Bertz CT molecular complexity index is 492. The fourth-order valence-corrected chi connectivity index (χ4v) is 2.08. The van der Waals surface area contributed by atoms with Gasteiger partial charge < -0.3 is 15.2 Å². The Balaban J connectivity index is 2.78. The van der Waals surface area contributed by atoms with E-state index >= 15 is 0 Å². The molecule has 124 valence electrons. The Labute approximate surface area is 129 Å². The Morgan fingerprint density at radius 1 is 1.36 bits per heavy atom. The maximum atomic E-state index is 14.3. The highest BCUT2D eigenvalue weighted by atomic mass is 19.3. The van der Waals surface area contributed by atoms with Crippen molar-refractivity contribution in [1.29, 1.82) is 0 Å². The normalized spacial score (nSPS) is 13.0. The van der Waals surface area contributed by atoms with Gasteiger partial charge in [-0.25, -0.2) is 0 Å². The van der Waals surface area contributed by atoms with E-state index in [-0.39, 0.29) is 24.8 Å². The molecule has 0 aliphatic rings. The molecule has 1 unspecified atom stereocenters. The highest BCUT2D eigenvalue weighted by Crippen LogP contribution is 2.35. The zero-order chi connectivity index (χ0) is 16.8. The minimum Gasteiger partial charge on any atom is -0.493 e. The fourth-order valence-electron chi connectivity index (χ4n) is 2.08. The number of hydrogen-bond acceptors (Lipinski definition) is 3. The number of para-hydroxylation sites is 1. The second kappa shape index (κ2) is 8.08. The molecule has 0 saturated heterocycles. The van der Waals surface area contributed by atoms with Gasteiger partial charge in [0.05, 0.1) is 18.3 Å². The molecule has 1 aromatic rings. The molecule has 0 heterocycles. The first-order valence-corrected chi connectivity index (χ1v) is 7.35. The third-order valence-electron chi connectivity index (χ3n) is 3.05. The lowest BCUT2D eigenvalue weighted by Crippen LogP contribution is -2.42. The third kappa shape index (κ3) is 4.94. The standard InChI is InChI=1S/C16H23F2NO3/c1-4-22-14-8-6-5-7-13(14)16(17,18)15(21)19-10-12(20)9-11(2)3/h5-8,11-12,20H,4,9-10H2,1-3H3,(H,19,21). The number of aliphatic hydroxyl groups excluding tert-OH is 1. The van der Waals surface area contributed by atoms with E-state index in [1.54, 1.807) is 13.0 Å². The van der Waals surface area contributed by atoms with Gasteiger partial charge in [0.2, 0.25) is 0 Å². The smallest absolute Gasteiger partial charge is 0.353 e. The van der Waals surface area contributed by atoms with Gasteiger partial charge in [-0.05, 0) is 31.4 Å². The van der Waals surface area contributed by atoms with E-state index in [0.29, 0.717) is 6.42 Å². The highest BCUT2D eigenvalue weighted by molar-refractivity contribution is 5.85. The minimum absolute atomic E-state index is 0.0205. The number of alkyl halides is 2. The summed E-state index contributed by atoms with van der Waals surface area (Å²) in [5, 5.41) is 11.8. The van der Waals surface area contributed by atoms with E-state index in [1.807, 2.05) is 13.8 Å². The van der Waals surface area contributed by atoms with Crippen LogP contribution in [0.2, 0.25) is 0 Å². The monoisotopic (exact) mass is 315 g/mol. The SMILES string of the molecule is CCOc1ccccc1C(F)(F)C(=O)NCC(O)CC(C)C. The summed E-state index contributed by atoms with van der Waals surface area (Å²) in [6.45, 7) is 5.50. The van der Waals surface area contributed by atoms with Gasteiger partial charge in [-0.2, -0.15) is 8.78 Å². The molecule has 1 aromatic carbocycles. The molecule has 0 aliphatic carbocycles. The summed E-state index contributed by atoms with van der Waals surface area (Å²) in [4.78, 5) is 11.8. The molecule has 0 radical (unpaired) electrons. The van der Waals surface area contributed by atoms with Crippen LogP contribution in [-0.4, -0.2) is 30.3 Å². The molecule has 22 heavy (non-hydrogen) atoms. The van der Waals surface area contributed by atoms with Crippen molar-refractivity contribution in [2.24, 2.45) is 5.92 Å². The van der Waals surface area contributed by atoms with Crippen molar-refractivity contribution in [3.8, 4) is 5.75 Å². The van der Waals surface area contributed by atoms with Crippen LogP contribution in [0, 0.1) is 5.92 Å². The van der Waals surface area contributed by atoms with E-state index in [4.69, 9.17) is 4.74 Å². The van der Waals surface area contributed by atoms with E-state index < -0.39 is 23.5 Å². The number of rotatable bonds is 8. The largest absolute Gasteiger partial charge is 0.493 e. The quantitative estimate of drug-likeness (QED) is 0.775. The molecule has 4 nitrogen and oxygen atoms in total. The summed E-state index contributed by atoms with van der Waals surface area (Å²) < 4.78 is 33.7. The first-order valence-electron chi connectivity index (χ1n) is 7.35.